The van der Waals surface area contributed by atoms with Crippen LogP contribution >= 0.6 is 0 Å². The van der Waals surface area contributed by atoms with E-state index in [-0.39, 0.29) is 17.9 Å². The predicted octanol–water partition coefficient (Wildman–Crippen LogP) is 3.79. The highest BCUT2D eigenvalue weighted by Gasteiger charge is 2.29. The van der Waals surface area contributed by atoms with Gasteiger partial charge in [-0.3, -0.25) is 9.89 Å². The lowest BCUT2D eigenvalue weighted by Crippen LogP contribution is -2.44. The normalized spacial score (nSPS) is 18.1. The summed E-state index contributed by atoms with van der Waals surface area (Å²) in [6.45, 7) is 4.14. The molecule has 1 aliphatic heterocycles. The van der Waals surface area contributed by atoms with Gasteiger partial charge in [0.2, 0.25) is 5.91 Å². The molecular weight excluding hydrogens is 418 g/mol. The molecule has 4 N–H and O–H groups in total. The Morgan fingerprint density at radius 3 is 2.76 bits per heavy atom. The Labute approximate surface area is 192 Å². The van der Waals surface area contributed by atoms with Gasteiger partial charge in [0.25, 0.3) is 0 Å². The Bertz CT molecular complexity index is 1140. The van der Waals surface area contributed by atoms with Crippen LogP contribution in [0.25, 0.3) is 11.1 Å². The number of carbonyl (C=O) groups excluding carboxylic acids is 1. The third-order valence-corrected chi connectivity index (χ3v) is 6.02. The Morgan fingerprint density at radius 1 is 1.27 bits per heavy atom. The van der Waals surface area contributed by atoms with E-state index in [0.29, 0.717) is 30.4 Å². The number of carbonyl (C=O) groups is 1. The number of benzene rings is 1. The summed E-state index contributed by atoms with van der Waals surface area (Å²) >= 11 is 0. The first kappa shape index (κ1) is 21.1. The van der Waals surface area contributed by atoms with Gasteiger partial charge < -0.3 is 25.7 Å². The Kier molecular flexibility index (Phi) is 5.78. The number of ether oxygens (including phenoxy) is 1. The molecule has 5 rings (SSSR count). The van der Waals surface area contributed by atoms with Gasteiger partial charge in [0.1, 0.15) is 17.5 Å². The molecule has 2 aromatic heterocycles. The average Bonchev–Trinajstić information content (AvgIpc) is 3.57. The summed E-state index contributed by atoms with van der Waals surface area (Å²) in [6, 6.07) is 11.8. The summed E-state index contributed by atoms with van der Waals surface area (Å²) in [4.78, 5) is 19.2. The number of nitrogens with one attached hydrogen (secondary N) is 4. The van der Waals surface area contributed by atoms with E-state index in [1.54, 1.807) is 6.20 Å². The van der Waals surface area contributed by atoms with Gasteiger partial charge in [0.05, 0.1) is 25.5 Å². The molecule has 0 spiro atoms. The number of amides is 1. The van der Waals surface area contributed by atoms with Crippen molar-refractivity contribution in [2.75, 3.05) is 35.3 Å². The Hall–Kier alpha value is -3.72. The van der Waals surface area contributed by atoms with Crippen LogP contribution in [0, 0.1) is 11.3 Å². The van der Waals surface area contributed by atoms with Gasteiger partial charge in [-0.05, 0) is 49.1 Å². The van der Waals surface area contributed by atoms with Gasteiger partial charge in [-0.25, -0.2) is 4.98 Å². The number of hydrogen-bond donors (Lipinski definition) is 4. The van der Waals surface area contributed by atoms with E-state index < -0.39 is 0 Å². The topological polar surface area (TPSA) is 119 Å². The van der Waals surface area contributed by atoms with Crippen molar-refractivity contribution in [3.05, 3.63) is 48.2 Å². The molecule has 2 fully saturated rings. The Morgan fingerprint density at radius 2 is 2.09 bits per heavy atom. The highest BCUT2D eigenvalue weighted by molar-refractivity contribution is 5.97. The van der Waals surface area contributed by atoms with Crippen molar-refractivity contribution in [1.29, 1.82) is 5.41 Å². The molecule has 9 heteroatoms. The number of H-pyrrole nitrogens is 1. The molecule has 3 aromatic rings. The highest BCUT2D eigenvalue weighted by atomic mass is 16.5. The lowest BCUT2D eigenvalue weighted by atomic mass is 10.00. The van der Waals surface area contributed by atoms with Gasteiger partial charge in [-0.1, -0.05) is 12.1 Å². The van der Waals surface area contributed by atoms with Crippen molar-refractivity contribution in [3.8, 4) is 11.1 Å². The molecule has 2 aliphatic rings. The summed E-state index contributed by atoms with van der Waals surface area (Å²) in [7, 11) is 0. The number of hydrogen-bond acceptors (Lipinski definition) is 7. The van der Waals surface area contributed by atoms with Gasteiger partial charge >= 0.3 is 0 Å². The van der Waals surface area contributed by atoms with Crippen LogP contribution in [0.3, 0.4) is 0 Å². The summed E-state index contributed by atoms with van der Waals surface area (Å²) in [5, 5.41) is 21.3. The third kappa shape index (κ3) is 4.58. The molecule has 1 saturated heterocycles. The summed E-state index contributed by atoms with van der Waals surface area (Å²) in [5.41, 5.74) is 3.27. The molecule has 1 amide bonds. The van der Waals surface area contributed by atoms with Crippen LogP contribution < -0.4 is 15.5 Å². The largest absolute Gasteiger partial charge is 0.377 e. The molecule has 170 valence electrons. The SMILES string of the molecule is C[C@@H]1COCCN1c1cc(-c2ccc(NC(=O)C3CC3)cc2)c(C=N)c(Nc2ccn[nH]2)n1. The van der Waals surface area contributed by atoms with E-state index in [0.717, 1.165) is 42.0 Å². The fourth-order valence-electron chi connectivity index (χ4n) is 4.01. The number of pyridine rings is 1. The first-order chi connectivity index (χ1) is 16.1. The number of aromatic nitrogens is 3. The van der Waals surface area contributed by atoms with Crippen molar-refractivity contribution in [2.45, 2.75) is 25.8 Å². The highest BCUT2D eigenvalue weighted by Crippen LogP contribution is 2.34. The predicted molar refractivity (Wildman–Crippen MR) is 128 cm³/mol. The second kappa shape index (κ2) is 9.03. The lowest BCUT2D eigenvalue weighted by Gasteiger charge is -2.35. The zero-order valence-electron chi connectivity index (χ0n) is 18.5. The maximum absolute atomic E-state index is 12.1. The number of nitrogens with zero attached hydrogens (tertiary/aromatic N) is 3. The van der Waals surface area contributed by atoms with Crippen LogP contribution in [0.1, 0.15) is 25.3 Å². The summed E-state index contributed by atoms with van der Waals surface area (Å²) in [6.07, 6.45) is 4.92. The van der Waals surface area contributed by atoms with Gasteiger partial charge in [-0.15, -0.1) is 0 Å². The number of morpholine rings is 1. The number of aromatic amines is 1. The molecule has 0 bridgehead atoms. The second-order valence-corrected chi connectivity index (χ2v) is 8.49. The van der Waals surface area contributed by atoms with Crippen LogP contribution in [0.2, 0.25) is 0 Å². The third-order valence-electron chi connectivity index (χ3n) is 6.02. The zero-order chi connectivity index (χ0) is 22.8. The molecular formula is C24H27N7O2. The van der Waals surface area contributed by atoms with E-state index in [4.69, 9.17) is 15.1 Å². The fraction of sp³-hybridized carbons (Fsp3) is 0.333. The maximum atomic E-state index is 12.1. The van der Waals surface area contributed by atoms with Crippen molar-refractivity contribution in [3.63, 3.8) is 0 Å². The van der Waals surface area contributed by atoms with E-state index in [1.165, 1.54) is 6.21 Å². The van der Waals surface area contributed by atoms with Crippen LogP contribution in [0.5, 0.6) is 0 Å². The van der Waals surface area contributed by atoms with Crippen LogP contribution in [-0.2, 0) is 9.53 Å². The van der Waals surface area contributed by atoms with Crippen molar-refractivity contribution in [2.24, 2.45) is 5.92 Å². The van der Waals surface area contributed by atoms with Gasteiger partial charge in [0, 0.05) is 36.0 Å². The molecule has 1 atom stereocenters. The van der Waals surface area contributed by atoms with Crippen LogP contribution in [-0.4, -0.2) is 53.1 Å². The van der Waals surface area contributed by atoms with Gasteiger partial charge in [0.15, 0.2) is 0 Å². The zero-order valence-corrected chi connectivity index (χ0v) is 18.5. The minimum absolute atomic E-state index is 0.0847. The quantitative estimate of drug-likeness (QED) is 0.411. The average molecular weight is 446 g/mol. The fourth-order valence-corrected chi connectivity index (χ4v) is 4.01. The maximum Gasteiger partial charge on any atom is 0.227 e. The van der Waals surface area contributed by atoms with Crippen LogP contribution in [0.15, 0.2) is 42.6 Å². The number of anilines is 4. The van der Waals surface area contributed by atoms with Crippen LogP contribution in [0.4, 0.5) is 23.1 Å². The summed E-state index contributed by atoms with van der Waals surface area (Å²) < 4.78 is 5.61. The minimum Gasteiger partial charge on any atom is -0.377 e. The monoisotopic (exact) mass is 445 g/mol. The van der Waals surface area contributed by atoms with Crippen molar-refractivity contribution >= 4 is 35.3 Å². The molecule has 1 aliphatic carbocycles. The Balaban J connectivity index is 1.53. The lowest BCUT2D eigenvalue weighted by molar-refractivity contribution is -0.117. The molecule has 1 saturated carbocycles. The summed E-state index contributed by atoms with van der Waals surface area (Å²) in [5.74, 6) is 2.33. The number of rotatable bonds is 7. The first-order valence-electron chi connectivity index (χ1n) is 11.2. The van der Waals surface area contributed by atoms with E-state index in [2.05, 4.69) is 32.7 Å². The minimum atomic E-state index is 0.0847. The van der Waals surface area contributed by atoms with Gasteiger partial charge in [-0.2, -0.15) is 5.10 Å². The molecule has 1 aromatic carbocycles. The molecule has 3 heterocycles. The molecule has 0 radical (unpaired) electrons. The second-order valence-electron chi connectivity index (χ2n) is 8.49. The smallest absolute Gasteiger partial charge is 0.227 e. The van der Waals surface area contributed by atoms with E-state index >= 15 is 0 Å². The van der Waals surface area contributed by atoms with E-state index in [9.17, 15) is 4.79 Å². The first-order valence-corrected chi connectivity index (χ1v) is 11.2. The van der Waals surface area contributed by atoms with Crippen molar-refractivity contribution < 1.29 is 9.53 Å². The molecule has 0 unspecified atom stereocenters. The molecule has 33 heavy (non-hydrogen) atoms. The van der Waals surface area contributed by atoms with E-state index in [1.807, 2.05) is 36.4 Å². The standard InChI is InChI=1S/C24H27N7O2/c1-15-14-33-11-10-31(15)22-12-19(20(13-25)23(29-22)28-21-8-9-26-30-21)16-4-6-18(7-5-16)27-24(32)17-2-3-17/h4-9,12-13,15,17,25H,2-3,10-11,14H2,1H3,(H,27,32)(H2,26,28,29,30)/t15-/m1/s1. The van der Waals surface area contributed by atoms with Crippen molar-refractivity contribution in [1.82, 2.24) is 15.2 Å². The molecule has 9 nitrogen and oxygen atoms in total.